The first-order valence-corrected chi connectivity index (χ1v) is 15.5. The van der Waals surface area contributed by atoms with Gasteiger partial charge in [0.15, 0.2) is 5.13 Å². The van der Waals surface area contributed by atoms with Crippen molar-refractivity contribution in [3.05, 3.63) is 83.4 Å². The Morgan fingerprint density at radius 3 is 2.10 bits per heavy atom. The number of fused-ring (bicyclic) bond motifs is 2. The monoisotopic (exact) mass is 590 g/mol. The van der Waals surface area contributed by atoms with Crippen LogP contribution < -0.4 is 10.2 Å². The molecule has 1 aliphatic rings. The van der Waals surface area contributed by atoms with Crippen LogP contribution in [0.2, 0.25) is 0 Å². The van der Waals surface area contributed by atoms with Gasteiger partial charge in [-0.25, -0.2) is 18.3 Å². The van der Waals surface area contributed by atoms with Gasteiger partial charge in [0.25, 0.3) is 17.7 Å². The van der Waals surface area contributed by atoms with Gasteiger partial charge >= 0.3 is 0 Å². The second-order valence-corrected chi connectivity index (χ2v) is 13.7. The van der Waals surface area contributed by atoms with Crippen molar-refractivity contribution in [2.45, 2.75) is 32.6 Å². The zero-order valence-electron chi connectivity index (χ0n) is 23.1. The molecule has 0 radical (unpaired) electrons. The maximum Gasteiger partial charge on any atom is 0.266 e. The lowest BCUT2D eigenvalue weighted by molar-refractivity contribution is 0.0926. The van der Waals surface area contributed by atoms with Crippen LogP contribution in [0.25, 0.3) is 10.2 Å². The topological polar surface area (TPSA) is 117 Å². The molecule has 4 aromatic rings. The van der Waals surface area contributed by atoms with E-state index in [2.05, 4.69) is 10.3 Å². The predicted molar refractivity (Wildman–Crippen MR) is 160 cm³/mol. The fraction of sp³-hybridized carbons (Fsp3) is 0.267. The summed E-state index contributed by atoms with van der Waals surface area (Å²) in [5.74, 6) is -1.21. The number of hydrogen-bond acceptors (Lipinski definition) is 7. The molecule has 0 saturated carbocycles. The Morgan fingerprint density at radius 2 is 1.49 bits per heavy atom. The number of sulfonamides is 1. The molecule has 1 aromatic heterocycles. The van der Waals surface area contributed by atoms with Crippen LogP contribution in [-0.4, -0.2) is 48.5 Å². The molecule has 3 aromatic carbocycles. The van der Waals surface area contributed by atoms with E-state index in [1.807, 2.05) is 27.7 Å². The Kier molecular flexibility index (Phi) is 7.78. The molecule has 212 valence electrons. The highest BCUT2D eigenvalue weighted by molar-refractivity contribution is 7.89. The quantitative estimate of drug-likeness (QED) is 0.252. The number of nitrogens with one attached hydrogen (secondary N) is 1. The molecule has 2 heterocycles. The summed E-state index contributed by atoms with van der Waals surface area (Å²) in [5.41, 5.74) is 1.40. The van der Waals surface area contributed by atoms with Crippen molar-refractivity contribution >= 4 is 60.1 Å². The van der Waals surface area contributed by atoms with E-state index in [4.69, 9.17) is 0 Å². The van der Waals surface area contributed by atoms with Gasteiger partial charge < -0.3 is 0 Å². The number of carbonyl (C=O) groups excluding carboxylic acids is 3. The van der Waals surface area contributed by atoms with Crippen LogP contribution in [0.3, 0.4) is 0 Å². The average Bonchev–Trinajstić information content (AvgIpc) is 3.44. The normalized spacial score (nSPS) is 13.6. The van der Waals surface area contributed by atoms with Crippen molar-refractivity contribution in [3.8, 4) is 0 Å². The van der Waals surface area contributed by atoms with Crippen LogP contribution >= 0.6 is 11.3 Å². The van der Waals surface area contributed by atoms with Crippen molar-refractivity contribution in [1.82, 2.24) is 9.29 Å². The summed E-state index contributed by atoms with van der Waals surface area (Å²) in [5, 5.41) is 3.02. The summed E-state index contributed by atoms with van der Waals surface area (Å²) < 4.78 is 29.1. The number of amides is 3. The predicted octanol–water partition coefficient (Wildman–Crippen LogP) is 5.65. The van der Waals surface area contributed by atoms with Crippen molar-refractivity contribution in [2.75, 3.05) is 23.3 Å². The molecular formula is C30H30N4O5S2. The van der Waals surface area contributed by atoms with Gasteiger partial charge in [0.2, 0.25) is 10.0 Å². The van der Waals surface area contributed by atoms with Gasteiger partial charge in [0.1, 0.15) is 0 Å². The molecule has 5 rings (SSSR count). The summed E-state index contributed by atoms with van der Waals surface area (Å²) in [6, 6.07) is 17.7. The van der Waals surface area contributed by atoms with E-state index < -0.39 is 27.7 Å². The third kappa shape index (κ3) is 5.52. The van der Waals surface area contributed by atoms with Gasteiger partial charge in [-0.15, -0.1) is 0 Å². The highest BCUT2D eigenvalue weighted by atomic mass is 32.2. The number of nitrogens with zero attached hydrogens (tertiary/aromatic N) is 3. The number of aromatic nitrogens is 1. The molecule has 9 nitrogen and oxygen atoms in total. The first-order chi connectivity index (χ1) is 19.5. The van der Waals surface area contributed by atoms with Gasteiger partial charge in [0.05, 0.1) is 37.5 Å². The summed E-state index contributed by atoms with van der Waals surface area (Å²) >= 11 is 1.15. The first kappa shape index (κ1) is 28.6. The first-order valence-electron chi connectivity index (χ1n) is 13.3. The molecule has 0 spiro atoms. The number of anilines is 2. The summed E-state index contributed by atoms with van der Waals surface area (Å²) in [6.07, 6.45) is 0. The molecule has 1 N–H and O–H groups in total. The molecule has 0 aliphatic carbocycles. The number of rotatable bonds is 9. The van der Waals surface area contributed by atoms with E-state index in [0.29, 0.717) is 23.3 Å². The molecule has 1 aliphatic heterocycles. The number of hydrogen-bond donors (Lipinski definition) is 1. The van der Waals surface area contributed by atoms with Gasteiger partial charge in [-0.1, -0.05) is 63.3 Å². The maximum absolute atomic E-state index is 13.5. The fourth-order valence-corrected chi connectivity index (χ4v) is 7.55. The van der Waals surface area contributed by atoms with Crippen LogP contribution in [0, 0.1) is 11.8 Å². The van der Waals surface area contributed by atoms with E-state index in [9.17, 15) is 22.8 Å². The van der Waals surface area contributed by atoms with Crippen molar-refractivity contribution in [2.24, 2.45) is 11.8 Å². The number of thiazole rings is 1. The Morgan fingerprint density at radius 1 is 0.902 bits per heavy atom. The minimum atomic E-state index is -3.73. The summed E-state index contributed by atoms with van der Waals surface area (Å²) in [4.78, 5) is 45.1. The van der Waals surface area contributed by atoms with Crippen LogP contribution in [0.1, 0.15) is 58.8 Å². The van der Waals surface area contributed by atoms with Gasteiger partial charge in [-0.05, 0) is 54.3 Å². The van der Waals surface area contributed by atoms with Crippen LogP contribution in [0.5, 0.6) is 0 Å². The number of benzene rings is 3. The second kappa shape index (κ2) is 11.2. The van der Waals surface area contributed by atoms with Crippen LogP contribution in [0.15, 0.2) is 71.6 Å². The molecule has 0 fully saturated rings. The standard InChI is InChI=1S/C30H30N4O5S2/c1-18(2)16-33(17-19(3)4)41(38,39)20-13-14-24-26(15-20)40-30(31-24)32-27(35)23-11-7-8-12-25(23)34-28(36)21-9-5-6-10-22(21)29(34)37/h5-15,18-19H,16-17H2,1-4H3,(H,31,32,35). The third-order valence-electron chi connectivity index (χ3n) is 6.54. The van der Waals surface area contributed by atoms with Crippen LogP contribution in [0.4, 0.5) is 10.8 Å². The van der Waals surface area contributed by atoms with Gasteiger partial charge in [0, 0.05) is 13.1 Å². The molecule has 0 unspecified atom stereocenters. The zero-order chi connectivity index (χ0) is 29.5. The van der Waals surface area contributed by atoms with E-state index in [-0.39, 0.29) is 44.2 Å². The van der Waals surface area contributed by atoms with E-state index in [0.717, 1.165) is 16.2 Å². The lowest BCUT2D eigenvalue weighted by Gasteiger charge is -2.25. The lowest BCUT2D eigenvalue weighted by Crippen LogP contribution is -2.37. The summed E-state index contributed by atoms with van der Waals surface area (Å²) in [7, 11) is -3.73. The Bertz CT molecular complexity index is 1730. The second-order valence-electron chi connectivity index (χ2n) is 10.7. The Hall–Kier alpha value is -3.93. The lowest BCUT2D eigenvalue weighted by atomic mass is 10.1. The molecule has 41 heavy (non-hydrogen) atoms. The number of carbonyl (C=O) groups is 3. The largest absolute Gasteiger partial charge is 0.298 e. The average molecular weight is 591 g/mol. The molecule has 0 atom stereocenters. The Balaban J connectivity index is 1.42. The molecule has 0 saturated heterocycles. The SMILES string of the molecule is CC(C)CN(CC(C)C)S(=O)(=O)c1ccc2nc(NC(=O)c3ccccc3N3C(=O)c4ccccc4C3=O)sc2c1. The fourth-order valence-electron chi connectivity index (χ4n) is 4.79. The van der Waals surface area contributed by atoms with Crippen molar-refractivity contribution in [3.63, 3.8) is 0 Å². The molecule has 11 heteroatoms. The summed E-state index contributed by atoms with van der Waals surface area (Å²) in [6.45, 7) is 8.75. The van der Waals surface area contributed by atoms with Crippen molar-refractivity contribution < 1.29 is 22.8 Å². The van der Waals surface area contributed by atoms with E-state index >= 15 is 0 Å². The van der Waals surface area contributed by atoms with Crippen LogP contribution in [-0.2, 0) is 10.0 Å². The van der Waals surface area contributed by atoms with E-state index in [1.165, 1.54) is 16.4 Å². The Labute approximate surface area is 242 Å². The maximum atomic E-state index is 13.5. The number of imide groups is 1. The molecule has 0 bridgehead atoms. The number of para-hydroxylation sites is 1. The zero-order valence-corrected chi connectivity index (χ0v) is 24.8. The molecule has 3 amide bonds. The third-order valence-corrected chi connectivity index (χ3v) is 9.30. The highest BCUT2D eigenvalue weighted by Crippen LogP contribution is 2.33. The minimum Gasteiger partial charge on any atom is -0.298 e. The minimum absolute atomic E-state index is 0.127. The van der Waals surface area contributed by atoms with Gasteiger partial charge in [-0.3, -0.25) is 19.7 Å². The smallest absolute Gasteiger partial charge is 0.266 e. The molecular weight excluding hydrogens is 560 g/mol. The van der Waals surface area contributed by atoms with E-state index in [1.54, 1.807) is 54.6 Å². The van der Waals surface area contributed by atoms with Crippen molar-refractivity contribution in [1.29, 1.82) is 0 Å². The highest BCUT2D eigenvalue weighted by Gasteiger charge is 2.38. The van der Waals surface area contributed by atoms with Gasteiger partial charge in [-0.2, -0.15) is 4.31 Å².